The van der Waals surface area contributed by atoms with Gasteiger partial charge in [-0.15, -0.1) is 0 Å². The molecule has 0 atom stereocenters. The van der Waals surface area contributed by atoms with E-state index in [1.165, 1.54) is 0 Å². The average Bonchev–Trinajstić information content (AvgIpc) is 2.52. The molecule has 0 heterocycles. The van der Waals surface area contributed by atoms with Gasteiger partial charge in [0.15, 0.2) is 0 Å². The van der Waals surface area contributed by atoms with Gasteiger partial charge in [-0.05, 0) is 38.0 Å². The molecule has 0 N–H and O–H groups in total. The first-order chi connectivity index (χ1) is 10.2. The molecule has 0 aromatic rings. The molecule has 0 aliphatic carbocycles. The summed E-state index contributed by atoms with van der Waals surface area (Å²) in [5.74, 6) is 0.112. The maximum Gasteiger partial charge on any atom is 0.0690 e. The van der Waals surface area contributed by atoms with Crippen LogP contribution in [0.1, 0.15) is 57.8 Å². The van der Waals surface area contributed by atoms with E-state index in [0.717, 1.165) is 0 Å². The van der Waals surface area contributed by atoms with Crippen molar-refractivity contribution in [2.24, 2.45) is 11.3 Å². The van der Waals surface area contributed by atoms with Gasteiger partial charge in [-0.25, -0.2) is 0 Å². The molecule has 0 saturated carbocycles. The van der Waals surface area contributed by atoms with Crippen molar-refractivity contribution in [1.29, 1.82) is 26.3 Å². The van der Waals surface area contributed by atoms with Crippen LogP contribution >= 0.6 is 0 Å². The second-order valence-electron chi connectivity index (χ2n) is 5.17. The van der Waals surface area contributed by atoms with E-state index >= 15 is 0 Å². The Bertz CT molecular complexity index is 467. The van der Waals surface area contributed by atoms with Crippen molar-refractivity contribution < 1.29 is 0 Å². The first-order valence-corrected chi connectivity index (χ1v) is 7.07. The molecule has 0 amide bonds. The lowest BCUT2D eigenvalue weighted by atomic mass is 9.72. The summed E-state index contributed by atoms with van der Waals surface area (Å²) >= 11 is 0. The highest BCUT2D eigenvalue weighted by molar-refractivity contribution is 5.03. The van der Waals surface area contributed by atoms with Gasteiger partial charge >= 0.3 is 0 Å². The summed E-state index contributed by atoms with van der Waals surface area (Å²) in [7, 11) is 0. The Labute approximate surface area is 126 Å². The highest BCUT2D eigenvalue weighted by atomic mass is 14.4. The summed E-state index contributed by atoms with van der Waals surface area (Å²) < 4.78 is 0. The fourth-order valence-corrected chi connectivity index (χ4v) is 2.52. The number of hydrogen-bond acceptors (Lipinski definition) is 5. The fraction of sp³-hybridized carbons (Fsp3) is 0.688. The van der Waals surface area contributed by atoms with Gasteiger partial charge in [-0.3, -0.25) is 0 Å². The Morgan fingerprint density at radius 3 is 1.43 bits per heavy atom. The van der Waals surface area contributed by atoms with Crippen LogP contribution in [0.5, 0.6) is 0 Å². The third kappa shape index (κ3) is 7.57. The molecule has 5 nitrogen and oxygen atoms in total. The highest BCUT2D eigenvalue weighted by Crippen LogP contribution is 2.38. The number of nitriles is 5. The summed E-state index contributed by atoms with van der Waals surface area (Å²) in [6, 6.07) is 10.6. The molecule has 0 aromatic heterocycles. The van der Waals surface area contributed by atoms with Crippen LogP contribution in [0.2, 0.25) is 0 Å². The van der Waals surface area contributed by atoms with Crippen LogP contribution in [0.3, 0.4) is 0 Å². The van der Waals surface area contributed by atoms with E-state index in [0.29, 0.717) is 44.9 Å². The van der Waals surface area contributed by atoms with Crippen molar-refractivity contribution >= 4 is 0 Å². The summed E-state index contributed by atoms with van der Waals surface area (Å²) in [6.07, 6.45) is 4.10. The van der Waals surface area contributed by atoms with Crippen LogP contribution in [0, 0.1) is 68.0 Å². The zero-order valence-electron chi connectivity index (χ0n) is 12.2. The van der Waals surface area contributed by atoms with E-state index in [4.69, 9.17) is 21.0 Å². The quantitative estimate of drug-likeness (QED) is 0.604. The van der Waals surface area contributed by atoms with Crippen molar-refractivity contribution in [3.8, 4) is 30.3 Å². The van der Waals surface area contributed by atoms with Crippen molar-refractivity contribution in [2.45, 2.75) is 57.8 Å². The minimum absolute atomic E-state index is 0.112. The van der Waals surface area contributed by atoms with Crippen molar-refractivity contribution in [1.82, 2.24) is 0 Å². The molecule has 21 heavy (non-hydrogen) atoms. The molecule has 0 radical (unpaired) electrons. The molecular weight excluding hydrogens is 262 g/mol. The molecule has 0 aromatic carbocycles. The van der Waals surface area contributed by atoms with Gasteiger partial charge in [0.2, 0.25) is 0 Å². The minimum atomic E-state index is -0.693. The molecule has 0 saturated heterocycles. The molecule has 0 aliphatic heterocycles. The van der Waals surface area contributed by atoms with E-state index in [1.807, 2.05) is 0 Å². The Morgan fingerprint density at radius 1 is 0.667 bits per heavy atom. The van der Waals surface area contributed by atoms with E-state index in [2.05, 4.69) is 30.3 Å². The fourth-order valence-electron chi connectivity index (χ4n) is 2.52. The second-order valence-corrected chi connectivity index (χ2v) is 5.17. The lowest BCUT2D eigenvalue weighted by molar-refractivity contribution is 0.242. The monoisotopic (exact) mass is 281 g/mol. The van der Waals surface area contributed by atoms with Crippen LogP contribution in [-0.2, 0) is 0 Å². The van der Waals surface area contributed by atoms with Gasteiger partial charge in [0.25, 0.3) is 0 Å². The van der Waals surface area contributed by atoms with Crippen LogP contribution in [0.25, 0.3) is 0 Å². The maximum atomic E-state index is 9.53. The number of nitrogens with zero attached hydrogens (tertiary/aromatic N) is 5. The number of rotatable bonds is 10. The van der Waals surface area contributed by atoms with E-state index < -0.39 is 5.41 Å². The third-order valence-corrected chi connectivity index (χ3v) is 3.68. The molecule has 0 unspecified atom stereocenters. The molecule has 108 valence electrons. The van der Waals surface area contributed by atoms with E-state index in [9.17, 15) is 5.26 Å². The third-order valence-electron chi connectivity index (χ3n) is 3.68. The maximum absolute atomic E-state index is 9.53. The first-order valence-electron chi connectivity index (χ1n) is 7.07. The lowest BCUT2D eigenvalue weighted by Crippen LogP contribution is -2.23. The molecule has 5 heteroatoms. The van der Waals surface area contributed by atoms with Gasteiger partial charge in [0.1, 0.15) is 0 Å². The van der Waals surface area contributed by atoms with Gasteiger partial charge in [0.05, 0.1) is 35.8 Å². The average molecular weight is 281 g/mol. The van der Waals surface area contributed by atoms with Gasteiger partial charge in [-0.2, -0.15) is 26.3 Å². The smallest absolute Gasteiger partial charge is 0.0690 e. The SMILES string of the molecule is N#CCCC(CCC#N)CC(C#N)(CCC#N)CCC#N. The Kier molecular flexibility index (Phi) is 9.92. The lowest BCUT2D eigenvalue weighted by Gasteiger charge is -2.29. The molecule has 0 aliphatic rings. The van der Waals surface area contributed by atoms with Crippen LogP contribution in [0.15, 0.2) is 0 Å². The number of hydrogen-bond donors (Lipinski definition) is 0. The minimum Gasteiger partial charge on any atom is -0.198 e. The largest absolute Gasteiger partial charge is 0.198 e. The summed E-state index contributed by atoms with van der Waals surface area (Å²) in [5.41, 5.74) is -0.693. The zero-order chi connectivity index (χ0) is 16.0. The Morgan fingerprint density at radius 2 is 1.10 bits per heavy atom. The highest BCUT2D eigenvalue weighted by Gasteiger charge is 2.32. The van der Waals surface area contributed by atoms with E-state index in [1.54, 1.807) is 0 Å². The van der Waals surface area contributed by atoms with E-state index in [-0.39, 0.29) is 18.8 Å². The standard InChI is InChI=1S/C16H19N5/c17-9-1-5-15(6-2-10-18)13-16(14-21,7-3-11-19)8-4-12-20/h15H,1-8,13H2. The molecule has 0 spiro atoms. The van der Waals surface area contributed by atoms with Gasteiger partial charge < -0.3 is 0 Å². The second kappa shape index (κ2) is 11.3. The Hall–Kier alpha value is -2.55. The predicted molar refractivity (Wildman–Crippen MR) is 75.5 cm³/mol. The van der Waals surface area contributed by atoms with Crippen molar-refractivity contribution in [3.05, 3.63) is 0 Å². The zero-order valence-corrected chi connectivity index (χ0v) is 12.2. The normalized spacial score (nSPS) is 9.90. The van der Waals surface area contributed by atoms with Crippen molar-refractivity contribution in [3.63, 3.8) is 0 Å². The summed E-state index contributed by atoms with van der Waals surface area (Å²) in [5, 5.41) is 44.5. The van der Waals surface area contributed by atoms with Gasteiger partial charge in [0, 0.05) is 25.7 Å². The van der Waals surface area contributed by atoms with Gasteiger partial charge in [-0.1, -0.05) is 0 Å². The van der Waals surface area contributed by atoms with Crippen LogP contribution in [-0.4, -0.2) is 0 Å². The summed E-state index contributed by atoms with van der Waals surface area (Å²) in [6.45, 7) is 0. The molecule has 0 bridgehead atoms. The van der Waals surface area contributed by atoms with Crippen molar-refractivity contribution in [2.75, 3.05) is 0 Å². The van der Waals surface area contributed by atoms with Crippen LogP contribution in [0.4, 0.5) is 0 Å². The molecule has 0 fully saturated rings. The topological polar surface area (TPSA) is 119 Å². The molecule has 0 rings (SSSR count). The van der Waals surface area contributed by atoms with Crippen LogP contribution < -0.4 is 0 Å². The molecular formula is C16H19N5. The first kappa shape index (κ1) is 18.4. The summed E-state index contributed by atoms with van der Waals surface area (Å²) in [4.78, 5) is 0. The predicted octanol–water partition coefficient (Wildman–Crippen LogP) is 3.72. The Balaban J connectivity index is 4.97.